The van der Waals surface area contributed by atoms with Crippen LogP contribution in [-0.2, 0) is 0 Å². The number of nitrogens with two attached hydrogens (primary N) is 1. The Morgan fingerprint density at radius 3 is 2.57 bits per heavy atom. The number of anilines is 2. The fourth-order valence-electron chi connectivity index (χ4n) is 1.82. The fraction of sp³-hybridized carbons (Fsp3) is 0.133. The van der Waals surface area contributed by atoms with E-state index < -0.39 is 5.82 Å². The van der Waals surface area contributed by atoms with Crippen LogP contribution < -0.4 is 16.0 Å². The van der Waals surface area contributed by atoms with Crippen LogP contribution in [0.4, 0.5) is 15.8 Å². The summed E-state index contributed by atoms with van der Waals surface area (Å²) in [6, 6.07) is 9.71. The van der Waals surface area contributed by atoms with E-state index in [9.17, 15) is 4.39 Å². The minimum absolute atomic E-state index is 0.125. The van der Waals surface area contributed by atoms with Crippen molar-refractivity contribution in [2.45, 2.75) is 0 Å². The molecule has 0 bridgehead atoms. The first-order valence-electron chi connectivity index (χ1n) is 6.56. The lowest BCUT2D eigenvalue weighted by Crippen LogP contribution is -2.34. The molecule has 0 aliphatic rings. The van der Waals surface area contributed by atoms with Gasteiger partial charge >= 0.3 is 0 Å². The topological polar surface area (TPSA) is 53.6 Å². The molecule has 0 fully saturated rings. The van der Waals surface area contributed by atoms with Crippen LogP contribution in [0.2, 0.25) is 10.0 Å². The van der Waals surface area contributed by atoms with Crippen molar-refractivity contribution in [3.8, 4) is 0 Å². The molecule has 8 heteroatoms. The summed E-state index contributed by atoms with van der Waals surface area (Å²) < 4.78 is 14.4. The number of benzene rings is 2. The average molecular weight is 420 g/mol. The lowest BCUT2D eigenvalue weighted by molar-refractivity contribution is 0.630. The second-order valence-electron chi connectivity index (χ2n) is 4.63. The minimum Gasteiger partial charge on any atom is -0.369 e. The SMILES string of the molecule is CN(C(N)=NCNc1ccc(Cl)cc1F)c1ccc(Cl)cc1Br. The Balaban J connectivity index is 2.04. The maximum Gasteiger partial charge on any atom is 0.197 e. The van der Waals surface area contributed by atoms with Crippen LogP contribution in [0.5, 0.6) is 0 Å². The first-order chi connectivity index (χ1) is 10.9. The third kappa shape index (κ3) is 4.73. The molecule has 0 heterocycles. The van der Waals surface area contributed by atoms with E-state index >= 15 is 0 Å². The van der Waals surface area contributed by atoms with E-state index in [1.54, 1.807) is 36.2 Å². The zero-order chi connectivity index (χ0) is 17.0. The third-order valence-electron chi connectivity index (χ3n) is 3.06. The molecule has 2 rings (SSSR count). The molecule has 0 saturated heterocycles. The molecular formula is C15H14BrCl2FN4. The Morgan fingerprint density at radius 2 is 1.91 bits per heavy atom. The van der Waals surface area contributed by atoms with Gasteiger partial charge in [-0.15, -0.1) is 0 Å². The zero-order valence-corrected chi connectivity index (χ0v) is 15.3. The van der Waals surface area contributed by atoms with Crippen LogP contribution in [0, 0.1) is 5.82 Å². The van der Waals surface area contributed by atoms with E-state index in [-0.39, 0.29) is 12.6 Å². The highest BCUT2D eigenvalue weighted by Gasteiger charge is 2.09. The van der Waals surface area contributed by atoms with Crippen LogP contribution in [0.25, 0.3) is 0 Å². The molecule has 0 radical (unpaired) electrons. The van der Waals surface area contributed by atoms with Crippen molar-refractivity contribution in [2.75, 3.05) is 23.9 Å². The molecule has 0 unspecified atom stereocenters. The summed E-state index contributed by atoms with van der Waals surface area (Å²) >= 11 is 15.0. The van der Waals surface area contributed by atoms with E-state index in [0.717, 1.165) is 10.2 Å². The summed E-state index contributed by atoms with van der Waals surface area (Å²) in [6.45, 7) is 0.125. The summed E-state index contributed by atoms with van der Waals surface area (Å²) in [4.78, 5) is 5.87. The number of rotatable bonds is 4. The van der Waals surface area contributed by atoms with Gasteiger partial charge in [-0.2, -0.15) is 0 Å². The highest BCUT2D eigenvalue weighted by molar-refractivity contribution is 9.10. The van der Waals surface area contributed by atoms with Crippen LogP contribution in [0.3, 0.4) is 0 Å². The summed E-state index contributed by atoms with van der Waals surface area (Å²) in [6.07, 6.45) is 0. The molecule has 0 aromatic heterocycles. The molecule has 0 aliphatic carbocycles. The number of hydrogen-bond acceptors (Lipinski definition) is 2. The second-order valence-corrected chi connectivity index (χ2v) is 6.36. The fourth-order valence-corrected chi connectivity index (χ4v) is 2.93. The van der Waals surface area contributed by atoms with E-state index in [0.29, 0.717) is 15.7 Å². The first-order valence-corrected chi connectivity index (χ1v) is 8.11. The van der Waals surface area contributed by atoms with Gasteiger partial charge in [0.15, 0.2) is 5.96 Å². The molecule has 0 atom stereocenters. The Hall–Kier alpha value is -1.50. The summed E-state index contributed by atoms with van der Waals surface area (Å²) in [5.74, 6) is -0.171. The predicted octanol–water partition coefficient (Wildman–Crippen LogP) is 4.72. The van der Waals surface area contributed by atoms with Crippen molar-refractivity contribution in [2.24, 2.45) is 10.7 Å². The number of hydrogen-bond donors (Lipinski definition) is 2. The van der Waals surface area contributed by atoms with Crippen molar-refractivity contribution in [1.29, 1.82) is 0 Å². The molecule has 2 aromatic carbocycles. The largest absolute Gasteiger partial charge is 0.369 e. The van der Waals surface area contributed by atoms with Gasteiger partial charge in [0, 0.05) is 21.6 Å². The molecule has 0 spiro atoms. The zero-order valence-electron chi connectivity index (χ0n) is 12.2. The van der Waals surface area contributed by atoms with Crippen molar-refractivity contribution in [3.63, 3.8) is 0 Å². The highest BCUT2D eigenvalue weighted by Crippen LogP contribution is 2.28. The minimum atomic E-state index is -0.444. The molecule has 23 heavy (non-hydrogen) atoms. The van der Waals surface area contributed by atoms with E-state index in [4.69, 9.17) is 28.9 Å². The van der Waals surface area contributed by atoms with Gasteiger partial charge in [0.25, 0.3) is 0 Å². The van der Waals surface area contributed by atoms with Gasteiger partial charge in [0.1, 0.15) is 12.5 Å². The number of nitrogens with one attached hydrogen (secondary N) is 1. The maximum atomic E-state index is 13.6. The standard InChI is InChI=1S/C15H14BrCl2FN4/c1-23(14-5-3-9(17)6-11(14)16)15(20)22-8-21-13-4-2-10(18)7-12(13)19/h2-7,21H,8H2,1H3,(H2,20,22). The smallest absolute Gasteiger partial charge is 0.197 e. The van der Waals surface area contributed by atoms with Crippen molar-refractivity contribution < 1.29 is 4.39 Å². The number of nitrogens with zero attached hydrogens (tertiary/aromatic N) is 2. The van der Waals surface area contributed by atoms with Crippen LogP contribution in [0.1, 0.15) is 0 Å². The Bertz CT molecular complexity index is 739. The van der Waals surface area contributed by atoms with Crippen molar-refractivity contribution >= 4 is 56.5 Å². The Kier molecular flexibility index (Phi) is 6.10. The molecule has 4 nitrogen and oxygen atoms in total. The van der Waals surface area contributed by atoms with Gasteiger partial charge < -0.3 is 16.0 Å². The van der Waals surface area contributed by atoms with E-state index in [1.165, 1.54) is 6.07 Å². The van der Waals surface area contributed by atoms with Crippen LogP contribution >= 0.6 is 39.1 Å². The maximum absolute atomic E-state index is 13.6. The monoisotopic (exact) mass is 418 g/mol. The second kappa shape index (κ2) is 7.86. The van der Waals surface area contributed by atoms with Crippen molar-refractivity contribution in [1.82, 2.24) is 0 Å². The van der Waals surface area contributed by atoms with Gasteiger partial charge in [0.05, 0.1) is 11.4 Å². The van der Waals surface area contributed by atoms with Crippen LogP contribution in [0.15, 0.2) is 45.9 Å². The van der Waals surface area contributed by atoms with Crippen LogP contribution in [-0.4, -0.2) is 19.7 Å². The molecule has 0 amide bonds. The summed E-state index contributed by atoms with van der Waals surface area (Å²) in [5, 5.41) is 3.79. The summed E-state index contributed by atoms with van der Waals surface area (Å²) in [7, 11) is 1.77. The van der Waals surface area contributed by atoms with Gasteiger partial charge in [-0.25, -0.2) is 9.38 Å². The van der Waals surface area contributed by atoms with E-state index in [2.05, 4.69) is 26.2 Å². The van der Waals surface area contributed by atoms with Gasteiger partial charge in [0.2, 0.25) is 0 Å². The normalized spacial score (nSPS) is 11.4. The Morgan fingerprint density at radius 1 is 1.26 bits per heavy atom. The molecule has 3 N–H and O–H groups in total. The lowest BCUT2D eigenvalue weighted by atomic mass is 10.3. The lowest BCUT2D eigenvalue weighted by Gasteiger charge is -2.20. The van der Waals surface area contributed by atoms with Crippen molar-refractivity contribution in [3.05, 3.63) is 56.7 Å². The molecule has 2 aromatic rings. The predicted molar refractivity (Wildman–Crippen MR) is 99.1 cm³/mol. The van der Waals surface area contributed by atoms with E-state index in [1.807, 2.05) is 6.07 Å². The molecule has 0 aliphatic heterocycles. The average Bonchev–Trinajstić information content (AvgIpc) is 2.48. The third-order valence-corrected chi connectivity index (χ3v) is 4.16. The number of halogens is 4. The molecule has 0 saturated carbocycles. The first kappa shape index (κ1) is 17.8. The van der Waals surface area contributed by atoms with Gasteiger partial charge in [-0.1, -0.05) is 23.2 Å². The number of guanidine groups is 1. The summed E-state index contributed by atoms with van der Waals surface area (Å²) in [5.41, 5.74) is 7.07. The molecular weight excluding hydrogens is 406 g/mol. The van der Waals surface area contributed by atoms with Gasteiger partial charge in [-0.05, 0) is 52.3 Å². The number of aliphatic imine (C=N–C) groups is 1. The van der Waals surface area contributed by atoms with Gasteiger partial charge in [-0.3, -0.25) is 0 Å². The highest BCUT2D eigenvalue weighted by atomic mass is 79.9. The Labute approximate surface area is 152 Å². The molecule has 122 valence electrons. The quantitative estimate of drug-likeness (QED) is 0.557.